The molecule has 0 fully saturated rings. The van der Waals surface area contributed by atoms with Gasteiger partial charge < -0.3 is 10.6 Å². The molecule has 100 valence electrons. The highest BCUT2D eigenvalue weighted by Crippen LogP contribution is 2.14. The van der Waals surface area contributed by atoms with Crippen LogP contribution in [0.4, 0.5) is 5.69 Å². The van der Waals surface area contributed by atoms with Crippen LogP contribution in [0.5, 0.6) is 0 Å². The van der Waals surface area contributed by atoms with Gasteiger partial charge in [-0.05, 0) is 31.2 Å². The molecule has 0 aliphatic carbocycles. The van der Waals surface area contributed by atoms with Crippen LogP contribution >= 0.6 is 11.6 Å². The van der Waals surface area contributed by atoms with Crippen LogP contribution in [0, 0.1) is 0 Å². The van der Waals surface area contributed by atoms with Gasteiger partial charge in [0.05, 0.1) is 0 Å². The molecule has 1 aromatic carbocycles. The van der Waals surface area contributed by atoms with Crippen LogP contribution in [-0.4, -0.2) is 19.0 Å². The minimum Gasteiger partial charge on any atom is -0.326 e. The highest BCUT2D eigenvalue weighted by Gasteiger charge is 2.01. The molecule has 1 amide bonds. The number of carbonyl (C=O) groups excluding carboxylic acids is 1. The summed E-state index contributed by atoms with van der Waals surface area (Å²) in [6.07, 6.45) is 4.11. The number of unbranched alkanes of at least 4 members (excludes halogenated alkanes) is 2. The molecule has 1 aromatic rings. The van der Waals surface area contributed by atoms with Crippen LogP contribution in [0.25, 0.3) is 0 Å². The first-order valence-electron chi connectivity index (χ1n) is 6.48. The van der Waals surface area contributed by atoms with Crippen LogP contribution in [0.3, 0.4) is 0 Å². The molecule has 1 rings (SSSR count). The Hall–Kier alpha value is -1.06. The zero-order valence-corrected chi connectivity index (χ0v) is 11.6. The molecular weight excluding hydrogens is 248 g/mol. The summed E-state index contributed by atoms with van der Waals surface area (Å²) in [4.78, 5) is 11.6. The number of carbonyl (C=O) groups is 1. The number of hydrogen-bond acceptors (Lipinski definition) is 2. The van der Waals surface area contributed by atoms with E-state index >= 15 is 0 Å². The number of anilines is 1. The minimum atomic E-state index is 0.0141. The molecule has 0 aliphatic heterocycles. The Morgan fingerprint density at radius 3 is 2.83 bits per heavy atom. The van der Waals surface area contributed by atoms with E-state index < -0.39 is 0 Å². The molecule has 0 saturated carbocycles. The smallest absolute Gasteiger partial charge is 0.225 e. The molecule has 0 bridgehead atoms. The van der Waals surface area contributed by atoms with Crippen molar-refractivity contribution in [1.82, 2.24) is 5.32 Å². The minimum absolute atomic E-state index is 0.0141. The standard InChI is InChI=1S/C14H21ClN2O/c1-2-3-4-9-16-10-8-14(18)17-13-7-5-6-12(15)11-13/h5-7,11,16H,2-4,8-10H2,1H3,(H,17,18). The van der Waals surface area contributed by atoms with Gasteiger partial charge in [-0.25, -0.2) is 0 Å². The Kier molecular flexibility index (Phi) is 7.46. The third-order valence-electron chi connectivity index (χ3n) is 2.59. The number of rotatable bonds is 8. The summed E-state index contributed by atoms with van der Waals surface area (Å²) in [7, 11) is 0. The van der Waals surface area contributed by atoms with E-state index in [1.807, 2.05) is 12.1 Å². The van der Waals surface area contributed by atoms with Gasteiger partial charge in [0.15, 0.2) is 0 Å². The lowest BCUT2D eigenvalue weighted by molar-refractivity contribution is -0.116. The Bertz CT molecular complexity index is 369. The lowest BCUT2D eigenvalue weighted by Crippen LogP contribution is -2.22. The van der Waals surface area contributed by atoms with E-state index in [9.17, 15) is 4.79 Å². The van der Waals surface area contributed by atoms with Crippen LogP contribution < -0.4 is 10.6 Å². The van der Waals surface area contributed by atoms with E-state index in [1.165, 1.54) is 19.3 Å². The van der Waals surface area contributed by atoms with Gasteiger partial charge in [0.2, 0.25) is 5.91 Å². The molecule has 0 radical (unpaired) electrons. The Morgan fingerprint density at radius 2 is 2.11 bits per heavy atom. The Labute approximate surface area is 114 Å². The molecule has 0 atom stereocenters. The van der Waals surface area contributed by atoms with Gasteiger partial charge in [0.25, 0.3) is 0 Å². The number of benzene rings is 1. The third kappa shape index (κ3) is 6.62. The van der Waals surface area contributed by atoms with Gasteiger partial charge >= 0.3 is 0 Å². The fourth-order valence-electron chi connectivity index (χ4n) is 1.62. The topological polar surface area (TPSA) is 41.1 Å². The lowest BCUT2D eigenvalue weighted by atomic mass is 10.2. The summed E-state index contributed by atoms with van der Waals surface area (Å²) in [6.45, 7) is 3.88. The van der Waals surface area contributed by atoms with Gasteiger partial charge in [-0.3, -0.25) is 4.79 Å². The number of halogens is 1. The van der Waals surface area contributed by atoms with Crippen molar-refractivity contribution < 1.29 is 4.79 Å². The lowest BCUT2D eigenvalue weighted by Gasteiger charge is -2.06. The predicted octanol–water partition coefficient (Wildman–Crippen LogP) is 3.45. The summed E-state index contributed by atoms with van der Waals surface area (Å²) < 4.78 is 0. The molecule has 2 N–H and O–H groups in total. The highest BCUT2D eigenvalue weighted by atomic mass is 35.5. The van der Waals surface area contributed by atoms with Gasteiger partial charge in [0, 0.05) is 23.7 Å². The van der Waals surface area contributed by atoms with Crippen LogP contribution in [0.15, 0.2) is 24.3 Å². The highest BCUT2D eigenvalue weighted by molar-refractivity contribution is 6.30. The average Bonchev–Trinajstić information content (AvgIpc) is 2.33. The second kappa shape index (κ2) is 8.95. The number of hydrogen-bond donors (Lipinski definition) is 2. The van der Waals surface area contributed by atoms with Crippen molar-refractivity contribution in [3.8, 4) is 0 Å². The predicted molar refractivity (Wildman–Crippen MR) is 77.1 cm³/mol. The summed E-state index contributed by atoms with van der Waals surface area (Å²) in [5.41, 5.74) is 0.749. The fourth-order valence-corrected chi connectivity index (χ4v) is 1.81. The normalized spacial score (nSPS) is 10.3. The quantitative estimate of drug-likeness (QED) is 0.709. The maximum atomic E-state index is 11.6. The molecule has 18 heavy (non-hydrogen) atoms. The molecule has 4 heteroatoms. The van der Waals surface area contributed by atoms with Crippen molar-refractivity contribution in [1.29, 1.82) is 0 Å². The largest absolute Gasteiger partial charge is 0.326 e. The Morgan fingerprint density at radius 1 is 1.28 bits per heavy atom. The van der Waals surface area contributed by atoms with Crippen LogP contribution in [0.1, 0.15) is 32.6 Å². The summed E-state index contributed by atoms with van der Waals surface area (Å²) >= 11 is 5.84. The van der Waals surface area contributed by atoms with Crippen molar-refractivity contribution >= 4 is 23.2 Å². The van der Waals surface area contributed by atoms with Crippen molar-refractivity contribution in [2.75, 3.05) is 18.4 Å². The molecule has 0 spiro atoms. The SMILES string of the molecule is CCCCCNCCC(=O)Nc1cccc(Cl)c1. The molecule has 0 saturated heterocycles. The molecule has 0 aliphatic rings. The zero-order valence-electron chi connectivity index (χ0n) is 10.8. The maximum absolute atomic E-state index is 11.6. The van der Waals surface area contributed by atoms with E-state index in [0.29, 0.717) is 11.4 Å². The first-order chi connectivity index (χ1) is 8.72. The number of amides is 1. The van der Waals surface area contributed by atoms with E-state index in [2.05, 4.69) is 17.6 Å². The van der Waals surface area contributed by atoms with E-state index in [1.54, 1.807) is 12.1 Å². The monoisotopic (exact) mass is 268 g/mol. The molecule has 0 aromatic heterocycles. The molecule has 3 nitrogen and oxygen atoms in total. The summed E-state index contributed by atoms with van der Waals surface area (Å²) in [5, 5.41) is 6.71. The second-order valence-corrected chi connectivity index (χ2v) is 4.70. The van der Waals surface area contributed by atoms with E-state index in [4.69, 9.17) is 11.6 Å². The van der Waals surface area contributed by atoms with Gasteiger partial charge in [0.1, 0.15) is 0 Å². The molecule has 0 unspecified atom stereocenters. The average molecular weight is 269 g/mol. The van der Waals surface area contributed by atoms with Crippen molar-refractivity contribution in [3.05, 3.63) is 29.3 Å². The molecular formula is C14H21ClN2O. The van der Waals surface area contributed by atoms with Crippen molar-refractivity contribution in [2.45, 2.75) is 32.6 Å². The summed E-state index contributed by atoms with van der Waals surface area (Å²) in [5.74, 6) is 0.0141. The van der Waals surface area contributed by atoms with Gasteiger partial charge in [-0.2, -0.15) is 0 Å². The Balaban J connectivity index is 2.14. The summed E-state index contributed by atoms with van der Waals surface area (Å²) in [6, 6.07) is 7.18. The first-order valence-corrected chi connectivity index (χ1v) is 6.86. The van der Waals surface area contributed by atoms with Crippen LogP contribution in [-0.2, 0) is 4.79 Å². The second-order valence-electron chi connectivity index (χ2n) is 4.27. The van der Waals surface area contributed by atoms with Crippen LogP contribution in [0.2, 0.25) is 5.02 Å². The van der Waals surface area contributed by atoms with Gasteiger partial charge in [-0.1, -0.05) is 37.4 Å². The van der Waals surface area contributed by atoms with E-state index in [0.717, 1.165) is 18.8 Å². The zero-order chi connectivity index (χ0) is 13.2. The first kappa shape index (κ1) is 15.0. The maximum Gasteiger partial charge on any atom is 0.225 e. The fraction of sp³-hybridized carbons (Fsp3) is 0.500. The van der Waals surface area contributed by atoms with Gasteiger partial charge in [-0.15, -0.1) is 0 Å². The van der Waals surface area contributed by atoms with E-state index in [-0.39, 0.29) is 5.91 Å². The number of nitrogens with one attached hydrogen (secondary N) is 2. The van der Waals surface area contributed by atoms with Crippen molar-refractivity contribution in [3.63, 3.8) is 0 Å². The van der Waals surface area contributed by atoms with Crippen molar-refractivity contribution in [2.24, 2.45) is 0 Å². The third-order valence-corrected chi connectivity index (χ3v) is 2.83. The molecule has 0 heterocycles.